The van der Waals surface area contributed by atoms with Gasteiger partial charge in [-0.15, -0.1) is 0 Å². The fraction of sp³-hybridized carbons (Fsp3) is 0.750. The highest BCUT2D eigenvalue weighted by molar-refractivity contribution is 7.71. The van der Waals surface area contributed by atoms with Gasteiger partial charge in [0.2, 0.25) is 0 Å². The molecule has 0 saturated carbocycles. The summed E-state index contributed by atoms with van der Waals surface area (Å²) in [5.74, 6) is 0.529. The average Bonchev–Trinajstić information content (AvgIpc) is 2.54. The first-order chi connectivity index (χ1) is 7.52. The number of nitrogens with zero attached hydrogens (tertiary/aromatic N) is 2. The average molecular weight is 241 g/mol. The SMILES string of the molecule is CC(C)c1c[nH]c(=S)n1CCCCN(C)C. The summed E-state index contributed by atoms with van der Waals surface area (Å²) in [5.41, 5.74) is 1.31. The van der Waals surface area contributed by atoms with E-state index in [-0.39, 0.29) is 0 Å². The minimum absolute atomic E-state index is 0.529. The summed E-state index contributed by atoms with van der Waals surface area (Å²) in [6.45, 7) is 6.58. The van der Waals surface area contributed by atoms with Crippen molar-refractivity contribution >= 4 is 12.2 Å². The van der Waals surface area contributed by atoms with Crippen molar-refractivity contribution in [3.63, 3.8) is 0 Å². The lowest BCUT2D eigenvalue weighted by molar-refractivity contribution is 0.386. The van der Waals surface area contributed by atoms with Crippen molar-refractivity contribution < 1.29 is 0 Å². The van der Waals surface area contributed by atoms with Crippen molar-refractivity contribution in [2.75, 3.05) is 20.6 Å². The summed E-state index contributed by atoms with van der Waals surface area (Å²) in [5, 5.41) is 0. The molecule has 0 radical (unpaired) electrons. The van der Waals surface area contributed by atoms with Gasteiger partial charge in [-0.2, -0.15) is 0 Å². The third-order valence-electron chi connectivity index (χ3n) is 2.73. The molecule has 3 nitrogen and oxygen atoms in total. The Morgan fingerprint density at radius 3 is 2.62 bits per heavy atom. The van der Waals surface area contributed by atoms with Crippen molar-refractivity contribution in [2.24, 2.45) is 0 Å². The smallest absolute Gasteiger partial charge is 0.177 e. The number of aromatic nitrogens is 2. The predicted molar refractivity (Wildman–Crippen MR) is 71.5 cm³/mol. The van der Waals surface area contributed by atoms with E-state index in [1.54, 1.807) is 0 Å². The van der Waals surface area contributed by atoms with Gasteiger partial charge in [0, 0.05) is 18.4 Å². The van der Waals surface area contributed by atoms with Gasteiger partial charge in [0.05, 0.1) is 0 Å². The number of nitrogens with one attached hydrogen (secondary N) is 1. The van der Waals surface area contributed by atoms with Crippen LogP contribution in [0.2, 0.25) is 0 Å². The first kappa shape index (κ1) is 13.5. The van der Waals surface area contributed by atoms with Crippen molar-refractivity contribution in [1.82, 2.24) is 14.5 Å². The zero-order valence-corrected chi connectivity index (χ0v) is 11.6. The number of aromatic amines is 1. The van der Waals surface area contributed by atoms with E-state index in [2.05, 4.69) is 42.4 Å². The normalized spacial score (nSPS) is 11.6. The van der Waals surface area contributed by atoms with Gasteiger partial charge in [-0.3, -0.25) is 0 Å². The summed E-state index contributed by atoms with van der Waals surface area (Å²) in [6, 6.07) is 0. The molecule has 0 spiro atoms. The predicted octanol–water partition coefficient (Wildman–Crippen LogP) is 3.01. The Morgan fingerprint density at radius 2 is 2.06 bits per heavy atom. The van der Waals surface area contributed by atoms with E-state index >= 15 is 0 Å². The topological polar surface area (TPSA) is 24.0 Å². The molecule has 1 N–H and O–H groups in total. The zero-order valence-electron chi connectivity index (χ0n) is 10.8. The van der Waals surface area contributed by atoms with Gasteiger partial charge in [-0.05, 0) is 51.6 Å². The molecule has 0 aliphatic rings. The van der Waals surface area contributed by atoms with Crippen LogP contribution in [0.4, 0.5) is 0 Å². The number of hydrogen-bond donors (Lipinski definition) is 1. The summed E-state index contributed by atoms with van der Waals surface area (Å²) in [7, 11) is 4.23. The second-order valence-electron chi connectivity index (χ2n) is 4.84. The molecule has 0 atom stereocenters. The summed E-state index contributed by atoms with van der Waals surface area (Å²) < 4.78 is 3.09. The highest BCUT2D eigenvalue weighted by atomic mass is 32.1. The lowest BCUT2D eigenvalue weighted by atomic mass is 10.1. The van der Waals surface area contributed by atoms with Gasteiger partial charge < -0.3 is 14.5 Å². The number of rotatable bonds is 6. The van der Waals surface area contributed by atoms with Gasteiger partial charge in [0.1, 0.15) is 0 Å². The van der Waals surface area contributed by atoms with Crippen LogP contribution in [0.3, 0.4) is 0 Å². The van der Waals surface area contributed by atoms with Crippen LogP contribution in [0, 0.1) is 4.77 Å². The van der Waals surface area contributed by atoms with Gasteiger partial charge >= 0.3 is 0 Å². The Balaban J connectivity index is 2.53. The van der Waals surface area contributed by atoms with Crippen LogP contribution in [-0.4, -0.2) is 35.1 Å². The lowest BCUT2D eigenvalue weighted by Gasteiger charge is -2.12. The largest absolute Gasteiger partial charge is 0.337 e. The molecule has 4 heteroatoms. The fourth-order valence-corrected chi connectivity index (χ4v) is 2.07. The van der Waals surface area contributed by atoms with E-state index < -0.39 is 0 Å². The van der Waals surface area contributed by atoms with E-state index in [0.717, 1.165) is 17.9 Å². The van der Waals surface area contributed by atoms with Crippen LogP contribution in [0.5, 0.6) is 0 Å². The van der Waals surface area contributed by atoms with Gasteiger partial charge in [0.25, 0.3) is 0 Å². The molecule has 1 aromatic heterocycles. The number of imidazole rings is 1. The first-order valence-electron chi connectivity index (χ1n) is 5.95. The number of unbranched alkanes of at least 4 members (excludes halogenated alkanes) is 1. The Hall–Kier alpha value is -0.610. The van der Waals surface area contributed by atoms with Crippen LogP contribution >= 0.6 is 12.2 Å². The van der Waals surface area contributed by atoms with Crippen molar-refractivity contribution in [2.45, 2.75) is 39.2 Å². The summed E-state index contributed by atoms with van der Waals surface area (Å²) in [4.78, 5) is 5.36. The maximum atomic E-state index is 5.29. The second kappa shape index (κ2) is 6.21. The molecule has 0 fully saturated rings. The standard InChI is InChI=1S/C12H23N3S/c1-10(2)11-9-13-12(16)15(11)8-6-5-7-14(3)4/h9-10H,5-8H2,1-4H3,(H,13,16). The van der Waals surface area contributed by atoms with Crippen molar-refractivity contribution in [3.05, 3.63) is 16.7 Å². The zero-order chi connectivity index (χ0) is 12.1. The van der Waals surface area contributed by atoms with E-state index in [0.29, 0.717) is 5.92 Å². The molecule has 0 aliphatic heterocycles. The number of H-pyrrole nitrogens is 1. The van der Waals surface area contributed by atoms with E-state index in [9.17, 15) is 0 Å². The molecule has 16 heavy (non-hydrogen) atoms. The molecule has 0 aromatic carbocycles. The maximum absolute atomic E-state index is 5.29. The Bertz CT molecular complexity index is 363. The van der Waals surface area contributed by atoms with Gasteiger partial charge in [0.15, 0.2) is 4.77 Å². The van der Waals surface area contributed by atoms with Crippen LogP contribution in [0.15, 0.2) is 6.20 Å². The first-order valence-corrected chi connectivity index (χ1v) is 6.36. The van der Waals surface area contributed by atoms with E-state index in [4.69, 9.17) is 12.2 Å². The molecule has 0 aliphatic carbocycles. The Kier molecular flexibility index (Phi) is 5.22. The Labute approximate surface area is 103 Å². The minimum Gasteiger partial charge on any atom is -0.337 e. The van der Waals surface area contributed by atoms with Crippen LogP contribution in [0.1, 0.15) is 38.3 Å². The van der Waals surface area contributed by atoms with Crippen molar-refractivity contribution in [1.29, 1.82) is 0 Å². The van der Waals surface area contributed by atoms with Crippen LogP contribution in [-0.2, 0) is 6.54 Å². The fourth-order valence-electron chi connectivity index (χ4n) is 1.82. The molecule has 0 unspecified atom stereocenters. The quantitative estimate of drug-likeness (QED) is 0.611. The van der Waals surface area contributed by atoms with Crippen molar-refractivity contribution in [3.8, 4) is 0 Å². The lowest BCUT2D eigenvalue weighted by Crippen LogP contribution is -2.14. The minimum atomic E-state index is 0.529. The summed E-state index contributed by atoms with van der Waals surface area (Å²) in [6.07, 6.45) is 4.44. The highest BCUT2D eigenvalue weighted by Gasteiger charge is 2.07. The van der Waals surface area contributed by atoms with Gasteiger partial charge in [-0.25, -0.2) is 0 Å². The molecule has 0 bridgehead atoms. The molecule has 1 heterocycles. The molecular formula is C12H23N3S. The summed E-state index contributed by atoms with van der Waals surface area (Å²) >= 11 is 5.29. The monoisotopic (exact) mass is 241 g/mol. The molecular weight excluding hydrogens is 218 g/mol. The third-order valence-corrected chi connectivity index (χ3v) is 3.07. The van der Waals surface area contributed by atoms with Crippen LogP contribution < -0.4 is 0 Å². The van der Waals surface area contributed by atoms with E-state index in [1.807, 2.05) is 6.20 Å². The molecule has 0 saturated heterocycles. The second-order valence-corrected chi connectivity index (χ2v) is 5.22. The number of hydrogen-bond acceptors (Lipinski definition) is 2. The third kappa shape index (κ3) is 3.76. The maximum Gasteiger partial charge on any atom is 0.177 e. The van der Waals surface area contributed by atoms with Gasteiger partial charge in [-0.1, -0.05) is 13.8 Å². The van der Waals surface area contributed by atoms with E-state index in [1.165, 1.54) is 18.5 Å². The Morgan fingerprint density at radius 1 is 1.38 bits per heavy atom. The highest BCUT2D eigenvalue weighted by Crippen LogP contribution is 2.15. The molecule has 92 valence electrons. The molecule has 1 rings (SSSR count). The molecule has 1 aromatic rings. The van der Waals surface area contributed by atoms with Crippen LogP contribution in [0.25, 0.3) is 0 Å². The molecule has 0 amide bonds.